The van der Waals surface area contributed by atoms with E-state index in [4.69, 9.17) is 9.47 Å². The fraction of sp³-hybridized carbons (Fsp3) is 0.316. The number of likely N-dealkylation sites (N-methyl/N-ethyl adjacent to an activating group) is 1. The van der Waals surface area contributed by atoms with E-state index in [0.717, 1.165) is 17.1 Å². The number of carbonyl (C=O) groups excluding carboxylic acids is 1. The highest BCUT2D eigenvalue weighted by Crippen LogP contribution is 2.18. The van der Waals surface area contributed by atoms with Crippen molar-refractivity contribution in [2.75, 3.05) is 26.8 Å². The summed E-state index contributed by atoms with van der Waals surface area (Å²) < 4.78 is 11.2. The summed E-state index contributed by atoms with van der Waals surface area (Å²) in [5.74, 6) is 1.49. The largest absolute Gasteiger partial charge is 0.492 e. The lowest BCUT2D eigenvalue weighted by Gasteiger charge is -2.18. The number of rotatable bonds is 7. The van der Waals surface area contributed by atoms with E-state index in [9.17, 15) is 4.79 Å². The van der Waals surface area contributed by atoms with Crippen LogP contribution in [0.5, 0.6) is 11.5 Å². The molecule has 0 unspecified atom stereocenters. The van der Waals surface area contributed by atoms with E-state index in [1.807, 2.05) is 62.4 Å². The molecule has 122 valence electrons. The Bertz CT molecular complexity index is 640. The summed E-state index contributed by atoms with van der Waals surface area (Å²) in [5.41, 5.74) is 2.21. The van der Waals surface area contributed by atoms with Crippen LogP contribution in [0.3, 0.4) is 0 Å². The summed E-state index contributed by atoms with van der Waals surface area (Å²) in [7, 11) is 1.75. The molecule has 1 amide bonds. The molecule has 0 aliphatic rings. The summed E-state index contributed by atoms with van der Waals surface area (Å²) in [6, 6.07) is 15.5. The molecule has 2 aromatic carbocycles. The lowest BCUT2D eigenvalue weighted by molar-refractivity contribution is -0.132. The van der Waals surface area contributed by atoms with Crippen LogP contribution in [0.4, 0.5) is 0 Å². The monoisotopic (exact) mass is 313 g/mol. The van der Waals surface area contributed by atoms with Gasteiger partial charge in [0.05, 0.1) is 6.54 Å². The number of hydrogen-bond donors (Lipinski definition) is 0. The topological polar surface area (TPSA) is 38.8 Å². The van der Waals surface area contributed by atoms with E-state index < -0.39 is 0 Å². The van der Waals surface area contributed by atoms with E-state index in [2.05, 4.69) is 0 Å². The first-order valence-electron chi connectivity index (χ1n) is 7.68. The molecule has 0 radical (unpaired) electrons. The highest BCUT2D eigenvalue weighted by Gasteiger charge is 2.10. The molecule has 0 saturated carbocycles. The molecular formula is C19H23NO3. The molecule has 0 aliphatic heterocycles. The Morgan fingerprint density at radius 3 is 2.48 bits per heavy atom. The average Bonchev–Trinajstić information content (AvgIpc) is 2.54. The van der Waals surface area contributed by atoms with Crippen LogP contribution in [0, 0.1) is 13.8 Å². The minimum Gasteiger partial charge on any atom is -0.492 e. The molecule has 4 nitrogen and oxygen atoms in total. The Labute approximate surface area is 137 Å². The number of amides is 1. The van der Waals surface area contributed by atoms with E-state index >= 15 is 0 Å². The second kappa shape index (κ2) is 8.22. The van der Waals surface area contributed by atoms with Gasteiger partial charge in [0, 0.05) is 7.05 Å². The summed E-state index contributed by atoms with van der Waals surface area (Å²) in [4.78, 5) is 13.7. The summed E-state index contributed by atoms with van der Waals surface area (Å²) >= 11 is 0. The minimum atomic E-state index is -0.0679. The maximum atomic E-state index is 12.1. The van der Waals surface area contributed by atoms with Crippen LogP contribution in [-0.2, 0) is 4.79 Å². The van der Waals surface area contributed by atoms with Gasteiger partial charge in [0.25, 0.3) is 5.91 Å². The Hall–Kier alpha value is -2.49. The van der Waals surface area contributed by atoms with Gasteiger partial charge in [-0.2, -0.15) is 0 Å². The van der Waals surface area contributed by atoms with Gasteiger partial charge in [-0.15, -0.1) is 0 Å². The van der Waals surface area contributed by atoms with Gasteiger partial charge in [0.15, 0.2) is 6.61 Å². The third-order valence-electron chi connectivity index (χ3n) is 3.55. The predicted octanol–water partition coefficient (Wildman–Crippen LogP) is 3.22. The van der Waals surface area contributed by atoms with E-state index in [1.54, 1.807) is 11.9 Å². The number of para-hydroxylation sites is 1. The third-order valence-corrected chi connectivity index (χ3v) is 3.55. The van der Waals surface area contributed by atoms with Gasteiger partial charge in [-0.25, -0.2) is 0 Å². The van der Waals surface area contributed by atoms with E-state index in [0.29, 0.717) is 13.2 Å². The molecular weight excluding hydrogens is 290 g/mol. The van der Waals surface area contributed by atoms with Gasteiger partial charge >= 0.3 is 0 Å². The fourth-order valence-corrected chi connectivity index (χ4v) is 2.15. The molecule has 0 fully saturated rings. The van der Waals surface area contributed by atoms with Gasteiger partial charge < -0.3 is 14.4 Å². The molecule has 0 aliphatic carbocycles. The highest BCUT2D eigenvalue weighted by molar-refractivity contribution is 5.77. The third kappa shape index (κ3) is 5.33. The van der Waals surface area contributed by atoms with Crippen LogP contribution >= 0.6 is 0 Å². The second-order valence-corrected chi connectivity index (χ2v) is 5.53. The fourth-order valence-electron chi connectivity index (χ4n) is 2.15. The Morgan fingerprint density at radius 1 is 1.04 bits per heavy atom. The standard InChI is InChI=1S/C19H23NO3/c1-15-9-10-18(16(2)13-15)23-14-19(21)20(3)11-12-22-17-7-5-4-6-8-17/h4-10,13H,11-12,14H2,1-3H3. The van der Waals surface area contributed by atoms with Gasteiger partial charge in [-0.05, 0) is 37.6 Å². The van der Waals surface area contributed by atoms with Crippen LogP contribution in [0.2, 0.25) is 0 Å². The molecule has 4 heteroatoms. The molecule has 0 atom stereocenters. The first-order valence-corrected chi connectivity index (χ1v) is 7.68. The second-order valence-electron chi connectivity index (χ2n) is 5.53. The van der Waals surface area contributed by atoms with Gasteiger partial charge in [-0.3, -0.25) is 4.79 Å². The summed E-state index contributed by atoms with van der Waals surface area (Å²) in [5, 5.41) is 0. The first kappa shape index (κ1) is 16.9. The van der Waals surface area contributed by atoms with Gasteiger partial charge in [0.2, 0.25) is 0 Å². The Balaban J connectivity index is 1.74. The van der Waals surface area contributed by atoms with Crippen molar-refractivity contribution in [3.8, 4) is 11.5 Å². The SMILES string of the molecule is Cc1ccc(OCC(=O)N(C)CCOc2ccccc2)c(C)c1. The number of nitrogens with zero attached hydrogens (tertiary/aromatic N) is 1. The van der Waals surface area contributed by atoms with Gasteiger partial charge in [0.1, 0.15) is 18.1 Å². The molecule has 2 rings (SSSR count). The van der Waals surface area contributed by atoms with Crippen molar-refractivity contribution in [3.05, 3.63) is 59.7 Å². The van der Waals surface area contributed by atoms with Crippen molar-refractivity contribution < 1.29 is 14.3 Å². The molecule has 23 heavy (non-hydrogen) atoms. The van der Waals surface area contributed by atoms with Crippen molar-refractivity contribution in [1.82, 2.24) is 4.90 Å². The Morgan fingerprint density at radius 2 is 1.78 bits per heavy atom. The number of hydrogen-bond acceptors (Lipinski definition) is 3. The molecule has 0 saturated heterocycles. The van der Waals surface area contributed by atoms with E-state index in [1.165, 1.54) is 5.56 Å². The maximum Gasteiger partial charge on any atom is 0.260 e. The molecule has 0 aromatic heterocycles. The highest BCUT2D eigenvalue weighted by atomic mass is 16.5. The zero-order chi connectivity index (χ0) is 16.7. The zero-order valence-electron chi connectivity index (χ0n) is 13.9. The number of aryl methyl sites for hydroxylation is 2. The quantitative estimate of drug-likeness (QED) is 0.788. The molecule has 0 heterocycles. The van der Waals surface area contributed by atoms with Crippen molar-refractivity contribution in [1.29, 1.82) is 0 Å². The van der Waals surface area contributed by atoms with E-state index in [-0.39, 0.29) is 12.5 Å². The summed E-state index contributed by atoms with van der Waals surface area (Å²) in [6.45, 7) is 5.01. The molecule has 0 bridgehead atoms. The smallest absolute Gasteiger partial charge is 0.260 e. The van der Waals surface area contributed by atoms with Gasteiger partial charge in [-0.1, -0.05) is 35.9 Å². The predicted molar refractivity (Wildman–Crippen MR) is 91.0 cm³/mol. The van der Waals surface area contributed by atoms with Crippen LogP contribution < -0.4 is 9.47 Å². The number of benzene rings is 2. The molecule has 2 aromatic rings. The van der Waals surface area contributed by atoms with Crippen molar-refractivity contribution in [3.63, 3.8) is 0 Å². The van der Waals surface area contributed by atoms with Crippen LogP contribution in [0.25, 0.3) is 0 Å². The van der Waals surface area contributed by atoms with Crippen molar-refractivity contribution in [2.45, 2.75) is 13.8 Å². The Kier molecular flexibility index (Phi) is 6.03. The van der Waals surface area contributed by atoms with Crippen LogP contribution in [0.1, 0.15) is 11.1 Å². The van der Waals surface area contributed by atoms with Crippen molar-refractivity contribution in [2.24, 2.45) is 0 Å². The zero-order valence-corrected chi connectivity index (χ0v) is 13.9. The average molecular weight is 313 g/mol. The normalized spacial score (nSPS) is 10.2. The first-order chi connectivity index (χ1) is 11.1. The minimum absolute atomic E-state index is 0.0335. The summed E-state index contributed by atoms with van der Waals surface area (Å²) in [6.07, 6.45) is 0. The lowest BCUT2D eigenvalue weighted by Crippen LogP contribution is -2.34. The molecule has 0 spiro atoms. The van der Waals surface area contributed by atoms with Crippen LogP contribution in [-0.4, -0.2) is 37.6 Å². The number of carbonyl (C=O) groups is 1. The maximum absolute atomic E-state index is 12.1. The number of ether oxygens (including phenoxy) is 2. The lowest BCUT2D eigenvalue weighted by atomic mass is 10.1. The van der Waals surface area contributed by atoms with Crippen molar-refractivity contribution >= 4 is 5.91 Å². The van der Waals surface area contributed by atoms with Crippen LogP contribution in [0.15, 0.2) is 48.5 Å². The molecule has 0 N–H and O–H groups in total.